The van der Waals surface area contributed by atoms with Crippen LogP contribution in [0.25, 0.3) is 0 Å². The molecule has 0 saturated carbocycles. The standard InChI is InChI=1S/C10H12N2O5/c1-12(9(13)8-2-3-11-17-8)7-5-16-4-6(7)10(14)15/h2-3,6-7H,4-5H2,1H3,(H,14,15). The molecule has 0 aromatic carbocycles. The number of ether oxygens (including phenoxy) is 1. The maximum absolute atomic E-state index is 11.9. The number of aliphatic carboxylic acids is 1. The molecule has 1 aromatic heterocycles. The first-order valence-corrected chi connectivity index (χ1v) is 5.09. The molecule has 7 nitrogen and oxygen atoms in total. The van der Waals surface area contributed by atoms with Crippen LogP contribution in [0.5, 0.6) is 0 Å². The summed E-state index contributed by atoms with van der Waals surface area (Å²) in [5, 5.41) is 12.4. The van der Waals surface area contributed by atoms with Crippen molar-refractivity contribution in [2.24, 2.45) is 5.92 Å². The number of carboxylic acids is 1. The van der Waals surface area contributed by atoms with E-state index in [9.17, 15) is 9.59 Å². The molecule has 0 radical (unpaired) electrons. The van der Waals surface area contributed by atoms with Crippen LogP contribution in [-0.2, 0) is 9.53 Å². The molecule has 1 fully saturated rings. The van der Waals surface area contributed by atoms with Gasteiger partial charge in [-0.3, -0.25) is 9.59 Å². The maximum atomic E-state index is 11.9. The van der Waals surface area contributed by atoms with E-state index in [2.05, 4.69) is 5.16 Å². The SMILES string of the molecule is CN(C(=O)c1ccno1)C1COCC1C(=O)O. The summed E-state index contributed by atoms with van der Waals surface area (Å²) in [6.07, 6.45) is 1.36. The predicted octanol–water partition coefficient (Wildman–Crippen LogP) is -0.154. The van der Waals surface area contributed by atoms with E-state index in [-0.39, 0.29) is 19.0 Å². The molecule has 1 saturated heterocycles. The minimum Gasteiger partial charge on any atom is -0.481 e. The fourth-order valence-electron chi connectivity index (χ4n) is 1.81. The quantitative estimate of drug-likeness (QED) is 0.789. The van der Waals surface area contributed by atoms with E-state index in [0.29, 0.717) is 0 Å². The Morgan fingerprint density at radius 3 is 2.88 bits per heavy atom. The zero-order valence-electron chi connectivity index (χ0n) is 9.20. The lowest BCUT2D eigenvalue weighted by atomic mass is 10.0. The number of hydrogen-bond donors (Lipinski definition) is 1. The number of carbonyl (C=O) groups is 2. The van der Waals surface area contributed by atoms with Gasteiger partial charge in [-0.2, -0.15) is 0 Å². The van der Waals surface area contributed by atoms with E-state index in [1.54, 1.807) is 0 Å². The molecule has 17 heavy (non-hydrogen) atoms. The second-order valence-electron chi connectivity index (χ2n) is 3.84. The van der Waals surface area contributed by atoms with Crippen molar-refractivity contribution in [3.63, 3.8) is 0 Å². The van der Waals surface area contributed by atoms with Gasteiger partial charge in [-0.1, -0.05) is 5.16 Å². The summed E-state index contributed by atoms with van der Waals surface area (Å²) in [6.45, 7) is 0.335. The number of rotatable bonds is 3. The minimum absolute atomic E-state index is 0.0866. The zero-order valence-corrected chi connectivity index (χ0v) is 9.20. The highest BCUT2D eigenvalue weighted by atomic mass is 16.5. The van der Waals surface area contributed by atoms with E-state index >= 15 is 0 Å². The Bertz CT molecular complexity index is 416. The number of aromatic nitrogens is 1. The molecule has 1 amide bonds. The van der Waals surface area contributed by atoms with Crippen LogP contribution in [0.2, 0.25) is 0 Å². The lowest BCUT2D eigenvalue weighted by Gasteiger charge is -2.25. The van der Waals surface area contributed by atoms with Crippen molar-refractivity contribution in [3.8, 4) is 0 Å². The van der Waals surface area contributed by atoms with Gasteiger partial charge in [0.2, 0.25) is 5.76 Å². The molecule has 1 N–H and O–H groups in total. The lowest BCUT2D eigenvalue weighted by molar-refractivity contribution is -0.142. The van der Waals surface area contributed by atoms with Crippen molar-refractivity contribution in [1.82, 2.24) is 10.1 Å². The minimum atomic E-state index is -0.968. The fourth-order valence-corrected chi connectivity index (χ4v) is 1.81. The third-order valence-corrected chi connectivity index (χ3v) is 2.83. The summed E-state index contributed by atoms with van der Waals surface area (Å²) in [5.41, 5.74) is 0. The molecule has 1 aliphatic rings. The Hall–Kier alpha value is -1.89. The van der Waals surface area contributed by atoms with Gasteiger partial charge >= 0.3 is 5.97 Å². The Morgan fingerprint density at radius 1 is 1.53 bits per heavy atom. The largest absolute Gasteiger partial charge is 0.481 e. The second-order valence-corrected chi connectivity index (χ2v) is 3.84. The molecular formula is C10H12N2O5. The molecule has 92 valence electrons. The third kappa shape index (κ3) is 2.14. The lowest BCUT2D eigenvalue weighted by Crippen LogP contribution is -2.44. The maximum Gasteiger partial charge on any atom is 0.311 e. The topological polar surface area (TPSA) is 92.9 Å². The van der Waals surface area contributed by atoms with Crippen LogP contribution in [0.4, 0.5) is 0 Å². The van der Waals surface area contributed by atoms with Crippen molar-refractivity contribution in [3.05, 3.63) is 18.0 Å². The second kappa shape index (κ2) is 4.54. The number of hydrogen-bond acceptors (Lipinski definition) is 5. The van der Waals surface area contributed by atoms with Gasteiger partial charge in [-0.15, -0.1) is 0 Å². The van der Waals surface area contributed by atoms with Gasteiger partial charge in [0.1, 0.15) is 5.92 Å². The zero-order chi connectivity index (χ0) is 12.4. The number of carbonyl (C=O) groups excluding carboxylic acids is 1. The van der Waals surface area contributed by atoms with Crippen LogP contribution >= 0.6 is 0 Å². The van der Waals surface area contributed by atoms with E-state index < -0.39 is 23.8 Å². The molecule has 0 aliphatic carbocycles. The summed E-state index contributed by atoms with van der Waals surface area (Å²) < 4.78 is 9.84. The van der Waals surface area contributed by atoms with Crippen LogP contribution < -0.4 is 0 Å². The normalized spacial score (nSPS) is 23.6. The van der Waals surface area contributed by atoms with Gasteiger partial charge in [-0.05, 0) is 0 Å². The van der Waals surface area contributed by atoms with Gasteiger partial charge in [0.05, 0.1) is 25.5 Å². The van der Waals surface area contributed by atoms with Gasteiger partial charge in [-0.25, -0.2) is 0 Å². The Morgan fingerprint density at radius 2 is 2.29 bits per heavy atom. The molecule has 0 spiro atoms. The van der Waals surface area contributed by atoms with Crippen LogP contribution in [0.15, 0.2) is 16.8 Å². The molecule has 1 aliphatic heterocycles. The average molecular weight is 240 g/mol. The summed E-state index contributed by atoms with van der Waals surface area (Å²) in [4.78, 5) is 24.2. The molecule has 2 unspecified atom stereocenters. The van der Waals surface area contributed by atoms with E-state index in [1.165, 1.54) is 24.2 Å². The van der Waals surface area contributed by atoms with E-state index in [1.807, 2.05) is 0 Å². The number of amides is 1. The van der Waals surface area contributed by atoms with Crippen LogP contribution in [0.1, 0.15) is 10.6 Å². The van der Waals surface area contributed by atoms with Crippen LogP contribution in [0.3, 0.4) is 0 Å². The Balaban J connectivity index is 2.12. The van der Waals surface area contributed by atoms with Crippen molar-refractivity contribution in [2.75, 3.05) is 20.3 Å². The smallest absolute Gasteiger partial charge is 0.311 e. The first-order chi connectivity index (χ1) is 8.11. The van der Waals surface area contributed by atoms with Crippen LogP contribution in [0, 0.1) is 5.92 Å². The molecule has 2 heterocycles. The molecule has 0 bridgehead atoms. The van der Waals surface area contributed by atoms with Crippen molar-refractivity contribution in [1.29, 1.82) is 0 Å². The first-order valence-electron chi connectivity index (χ1n) is 5.09. The predicted molar refractivity (Wildman–Crippen MR) is 54.3 cm³/mol. The van der Waals surface area contributed by atoms with Gasteiger partial charge in [0, 0.05) is 13.1 Å². The third-order valence-electron chi connectivity index (χ3n) is 2.83. The fraction of sp³-hybridized carbons (Fsp3) is 0.500. The number of likely N-dealkylation sites (N-methyl/N-ethyl adjacent to an activating group) is 1. The molecular weight excluding hydrogens is 228 g/mol. The highest BCUT2D eigenvalue weighted by Gasteiger charge is 2.39. The average Bonchev–Trinajstić information content (AvgIpc) is 2.97. The summed E-state index contributed by atoms with van der Waals surface area (Å²) in [6, 6.07) is 0.954. The molecule has 1 aromatic rings. The number of carboxylic acid groups (broad SMARTS) is 1. The van der Waals surface area contributed by atoms with E-state index in [0.717, 1.165) is 0 Å². The molecule has 2 rings (SSSR count). The van der Waals surface area contributed by atoms with Gasteiger partial charge in [0.25, 0.3) is 5.91 Å². The van der Waals surface area contributed by atoms with Crippen molar-refractivity contribution >= 4 is 11.9 Å². The van der Waals surface area contributed by atoms with Crippen molar-refractivity contribution in [2.45, 2.75) is 6.04 Å². The molecule has 7 heteroatoms. The Kier molecular flexibility index (Phi) is 3.10. The molecule has 2 atom stereocenters. The Labute approximate surface area is 96.9 Å². The summed E-state index contributed by atoms with van der Waals surface area (Å²) in [5.74, 6) is -1.98. The van der Waals surface area contributed by atoms with Gasteiger partial charge < -0.3 is 19.3 Å². The van der Waals surface area contributed by atoms with E-state index in [4.69, 9.17) is 14.4 Å². The van der Waals surface area contributed by atoms with Gasteiger partial charge in [0.15, 0.2) is 0 Å². The van der Waals surface area contributed by atoms with Crippen LogP contribution in [-0.4, -0.2) is 53.3 Å². The highest BCUT2D eigenvalue weighted by Crippen LogP contribution is 2.20. The van der Waals surface area contributed by atoms with Crippen molar-refractivity contribution < 1.29 is 24.0 Å². The highest BCUT2D eigenvalue weighted by molar-refractivity contribution is 5.91. The first kappa shape index (κ1) is 11.6. The monoisotopic (exact) mass is 240 g/mol. The summed E-state index contributed by atoms with van der Waals surface area (Å²) >= 11 is 0. The summed E-state index contributed by atoms with van der Waals surface area (Å²) in [7, 11) is 1.53. The number of nitrogens with zero attached hydrogens (tertiary/aromatic N) is 2.